The highest BCUT2D eigenvalue weighted by molar-refractivity contribution is 7.92. The summed E-state index contributed by atoms with van der Waals surface area (Å²) in [5.41, 5.74) is 0.585. The monoisotopic (exact) mass is 382 g/mol. The average molecular weight is 383 g/mol. The minimum Gasteiger partial charge on any atom is -0.493 e. The van der Waals surface area contributed by atoms with Crippen LogP contribution in [-0.4, -0.2) is 28.9 Å². The zero-order valence-corrected chi connectivity index (χ0v) is 15.2. The molecule has 25 heavy (non-hydrogen) atoms. The lowest BCUT2D eigenvalue weighted by atomic mass is 10.2. The molecule has 0 bridgehead atoms. The summed E-state index contributed by atoms with van der Waals surface area (Å²) in [5.74, 6) is 1.12. The van der Waals surface area contributed by atoms with Crippen LogP contribution >= 0.6 is 11.6 Å². The molecule has 1 N–H and O–H groups in total. The molecule has 7 nitrogen and oxygen atoms in total. The van der Waals surface area contributed by atoms with Gasteiger partial charge in [-0.1, -0.05) is 11.6 Å². The summed E-state index contributed by atoms with van der Waals surface area (Å²) in [5, 5.41) is 9.16. The van der Waals surface area contributed by atoms with Gasteiger partial charge in [-0.2, -0.15) is 5.26 Å². The second kappa shape index (κ2) is 7.51. The topological polar surface area (TPSA) is 97.7 Å². The van der Waals surface area contributed by atoms with Gasteiger partial charge < -0.3 is 14.2 Å². The molecule has 0 unspecified atom stereocenters. The average Bonchev–Trinajstić information content (AvgIpc) is 2.54. The molecule has 0 aliphatic carbocycles. The number of methoxy groups -OCH3 is 2. The minimum absolute atomic E-state index is 0.241. The normalized spacial score (nSPS) is 10.7. The van der Waals surface area contributed by atoms with Gasteiger partial charge in [0.05, 0.1) is 36.7 Å². The van der Waals surface area contributed by atoms with Gasteiger partial charge in [0.15, 0.2) is 11.5 Å². The Hall–Kier alpha value is -2.63. The van der Waals surface area contributed by atoms with Crippen LogP contribution in [0.2, 0.25) is 5.02 Å². The summed E-state index contributed by atoms with van der Waals surface area (Å²) in [7, 11) is -0.634. The van der Waals surface area contributed by atoms with E-state index >= 15 is 0 Å². The number of ether oxygens (including phenoxy) is 3. The van der Waals surface area contributed by atoms with Gasteiger partial charge in [0.1, 0.15) is 11.8 Å². The van der Waals surface area contributed by atoms with Crippen molar-refractivity contribution in [3.8, 4) is 29.1 Å². The zero-order valence-electron chi connectivity index (χ0n) is 13.7. The SMILES string of the molecule is COc1cc(NS(C)(=O)=O)cc(OC)c1Oc1ccc(C#N)c(Cl)c1. The van der Waals surface area contributed by atoms with Crippen LogP contribution in [0.3, 0.4) is 0 Å². The van der Waals surface area contributed by atoms with Crippen LogP contribution in [0.4, 0.5) is 5.69 Å². The standard InChI is InChI=1S/C16H15ClN2O5S/c1-22-14-6-11(19-25(3,20)21)7-15(23-2)16(14)24-12-5-4-10(9-18)13(17)8-12/h4-8,19H,1-3H3. The van der Waals surface area contributed by atoms with E-state index in [0.29, 0.717) is 11.3 Å². The second-order valence-corrected chi connectivity index (χ2v) is 7.10. The Morgan fingerprint density at radius 1 is 1.12 bits per heavy atom. The number of hydrogen-bond acceptors (Lipinski definition) is 6. The maximum absolute atomic E-state index is 11.4. The first-order valence-corrected chi connectivity index (χ1v) is 9.15. The molecule has 0 atom stereocenters. The lowest BCUT2D eigenvalue weighted by Crippen LogP contribution is -2.10. The van der Waals surface area contributed by atoms with E-state index in [1.165, 1.54) is 38.5 Å². The lowest BCUT2D eigenvalue weighted by molar-refractivity contribution is 0.346. The molecule has 0 saturated carbocycles. The van der Waals surface area contributed by atoms with Crippen LogP contribution in [0.25, 0.3) is 0 Å². The predicted octanol–water partition coefficient (Wildman–Crippen LogP) is 3.39. The number of nitriles is 1. The van der Waals surface area contributed by atoms with Crippen molar-refractivity contribution in [2.24, 2.45) is 0 Å². The smallest absolute Gasteiger partial charge is 0.229 e. The van der Waals surface area contributed by atoms with Crippen LogP contribution in [0.15, 0.2) is 30.3 Å². The Morgan fingerprint density at radius 2 is 1.72 bits per heavy atom. The third-order valence-electron chi connectivity index (χ3n) is 3.04. The number of nitrogens with one attached hydrogen (secondary N) is 1. The van der Waals surface area contributed by atoms with Crippen molar-refractivity contribution in [1.82, 2.24) is 0 Å². The van der Waals surface area contributed by atoms with Crippen molar-refractivity contribution >= 4 is 27.3 Å². The van der Waals surface area contributed by atoms with Crippen LogP contribution in [-0.2, 0) is 10.0 Å². The summed E-state index contributed by atoms with van der Waals surface area (Å²) in [4.78, 5) is 0. The van der Waals surface area contributed by atoms with Gasteiger partial charge >= 0.3 is 0 Å². The van der Waals surface area contributed by atoms with E-state index in [1.807, 2.05) is 6.07 Å². The van der Waals surface area contributed by atoms with E-state index in [9.17, 15) is 8.42 Å². The molecule has 0 heterocycles. The molecule has 0 aliphatic rings. The van der Waals surface area contributed by atoms with E-state index in [2.05, 4.69) is 4.72 Å². The fourth-order valence-electron chi connectivity index (χ4n) is 2.02. The van der Waals surface area contributed by atoms with E-state index in [1.54, 1.807) is 6.07 Å². The van der Waals surface area contributed by atoms with Crippen molar-refractivity contribution in [2.45, 2.75) is 0 Å². The highest BCUT2D eigenvalue weighted by atomic mass is 35.5. The maximum Gasteiger partial charge on any atom is 0.229 e. The summed E-state index contributed by atoms with van der Waals surface area (Å²) < 4.78 is 41.5. The third-order valence-corrected chi connectivity index (χ3v) is 3.96. The largest absolute Gasteiger partial charge is 0.493 e. The second-order valence-electron chi connectivity index (χ2n) is 4.94. The maximum atomic E-state index is 11.4. The van der Waals surface area contributed by atoms with Crippen molar-refractivity contribution < 1.29 is 22.6 Å². The summed E-state index contributed by atoms with van der Waals surface area (Å²) in [6.07, 6.45) is 1.04. The molecule has 0 aliphatic heterocycles. The first-order valence-electron chi connectivity index (χ1n) is 6.88. The van der Waals surface area contributed by atoms with E-state index in [4.69, 9.17) is 31.1 Å². The molecule has 0 fully saturated rings. The van der Waals surface area contributed by atoms with Gasteiger partial charge in [-0.25, -0.2) is 8.42 Å². The summed E-state index contributed by atoms with van der Waals surface area (Å²) in [6, 6.07) is 9.47. The quantitative estimate of drug-likeness (QED) is 0.822. The van der Waals surface area contributed by atoms with Gasteiger partial charge in [0.25, 0.3) is 0 Å². The Bertz CT molecular complexity index is 913. The predicted molar refractivity (Wildman–Crippen MR) is 94.3 cm³/mol. The van der Waals surface area contributed by atoms with Gasteiger partial charge in [-0.3, -0.25) is 4.72 Å². The summed E-state index contributed by atoms with van der Waals surface area (Å²) >= 11 is 6.00. The van der Waals surface area contributed by atoms with Crippen LogP contribution in [0.5, 0.6) is 23.0 Å². The Kier molecular flexibility index (Phi) is 5.62. The van der Waals surface area contributed by atoms with Crippen molar-refractivity contribution in [3.63, 3.8) is 0 Å². The molecule has 9 heteroatoms. The lowest BCUT2D eigenvalue weighted by Gasteiger charge is -2.16. The first-order chi connectivity index (χ1) is 11.8. The Labute approximate surface area is 150 Å². The molecular formula is C16H15ClN2O5S. The summed E-state index contributed by atoms with van der Waals surface area (Å²) in [6.45, 7) is 0. The highest BCUT2D eigenvalue weighted by Crippen LogP contribution is 2.43. The number of rotatable bonds is 6. The number of anilines is 1. The van der Waals surface area contributed by atoms with Crippen LogP contribution in [0.1, 0.15) is 5.56 Å². The van der Waals surface area contributed by atoms with Crippen LogP contribution < -0.4 is 18.9 Å². The molecule has 132 valence electrons. The fourth-order valence-corrected chi connectivity index (χ4v) is 2.78. The Balaban J connectivity index is 2.46. The number of hydrogen-bond donors (Lipinski definition) is 1. The molecular weight excluding hydrogens is 368 g/mol. The minimum atomic E-state index is -3.46. The van der Waals surface area contributed by atoms with Crippen molar-refractivity contribution in [1.29, 1.82) is 5.26 Å². The number of nitrogens with zero attached hydrogens (tertiary/aromatic N) is 1. The molecule has 2 aromatic rings. The van der Waals surface area contributed by atoms with Crippen LogP contribution in [0, 0.1) is 11.3 Å². The number of benzene rings is 2. The van der Waals surface area contributed by atoms with Gasteiger partial charge in [0, 0.05) is 18.2 Å². The van der Waals surface area contributed by atoms with Gasteiger partial charge in [-0.15, -0.1) is 0 Å². The molecule has 2 rings (SSSR count). The third kappa shape index (κ3) is 4.68. The fraction of sp³-hybridized carbons (Fsp3) is 0.188. The Morgan fingerprint density at radius 3 is 2.16 bits per heavy atom. The highest BCUT2D eigenvalue weighted by Gasteiger charge is 2.17. The zero-order chi connectivity index (χ0) is 18.6. The van der Waals surface area contributed by atoms with Crippen molar-refractivity contribution in [3.05, 3.63) is 40.9 Å². The van der Waals surface area contributed by atoms with E-state index in [0.717, 1.165) is 6.26 Å². The number of halogens is 1. The molecule has 0 spiro atoms. The van der Waals surface area contributed by atoms with E-state index < -0.39 is 10.0 Å². The molecule has 0 saturated heterocycles. The molecule has 2 aromatic carbocycles. The molecule has 0 aromatic heterocycles. The van der Waals surface area contributed by atoms with E-state index in [-0.39, 0.29) is 28.0 Å². The molecule has 0 radical (unpaired) electrons. The first kappa shape index (κ1) is 18.7. The molecule has 0 amide bonds. The van der Waals surface area contributed by atoms with Gasteiger partial charge in [-0.05, 0) is 12.1 Å². The number of sulfonamides is 1. The van der Waals surface area contributed by atoms with Gasteiger partial charge in [0.2, 0.25) is 15.8 Å². The van der Waals surface area contributed by atoms with Crippen molar-refractivity contribution in [2.75, 3.05) is 25.2 Å².